The van der Waals surface area contributed by atoms with Gasteiger partial charge in [-0.05, 0) is 48.7 Å². The van der Waals surface area contributed by atoms with Gasteiger partial charge in [-0.2, -0.15) is 5.26 Å². The lowest BCUT2D eigenvalue weighted by atomic mass is 9.70. The van der Waals surface area contributed by atoms with E-state index in [9.17, 15) is 14.4 Å². The summed E-state index contributed by atoms with van der Waals surface area (Å²) in [5.41, 5.74) is 0.400. The van der Waals surface area contributed by atoms with E-state index in [1.807, 2.05) is 24.8 Å². The first-order valence-electron chi connectivity index (χ1n) is 9.08. The van der Waals surface area contributed by atoms with Gasteiger partial charge in [0.05, 0.1) is 22.9 Å². The molecular formula is C19H22BrFN4O. The molecule has 1 aromatic rings. The molecule has 0 aromatic carbocycles. The Balaban J connectivity index is 1.58. The van der Waals surface area contributed by atoms with Gasteiger partial charge >= 0.3 is 0 Å². The summed E-state index contributed by atoms with van der Waals surface area (Å²) < 4.78 is 14.3. The third-order valence-electron chi connectivity index (χ3n) is 6.19. The number of hydrogen-bond acceptors (Lipinski definition) is 4. The Labute approximate surface area is 161 Å². The topological polar surface area (TPSA) is 60.2 Å². The molecule has 0 N–H and O–H groups in total. The number of carbonyl (C=O) groups is 1. The number of pyridine rings is 1. The van der Waals surface area contributed by atoms with Crippen LogP contribution in [0.2, 0.25) is 0 Å². The summed E-state index contributed by atoms with van der Waals surface area (Å²) in [6.07, 6.45) is 3.16. The van der Waals surface area contributed by atoms with Gasteiger partial charge in [0.25, 0.3) is 0 Å². The minimum Gasteiger partial charge on any atom is -0.306 e. The van der Waals surface area contributed by atoms with E-state index >= 15 is 0 Å². The highest BCUT2D eigenvalue weighted by Crippen LogP contribution is 2.49. The van der Waals surface area contributed by atoms with E-state index in [1.54, 1.807) is 6.20 Å². The predicted octanol–water partition coefficient (Wildman–Crippen LogP) is 3.33. The maximum absolute atomic E-state index is 13.5. The lowest BCUT2D eigenvalue weighted by molar-refractivity contribution is -0.123. The summed E-state index contributed by atoms with van der Waals surface area (Å²) in [7, 11) is 0. The number of hydrogen-bond donors (Lipinski definition) is 0. The summed E-state index contributed by atoms with van der Waals surface area (Å²) in [5.74, 6) is 0.0390. The van der Waals surface area contributed by atoms with E-state index < -0.39 is 17.1 Å². The van der Waals surface area contributed by atoms with Crippen molar-refractivity contribution in [3.05, 3.63) is 22.4 Å². The van der Waals surface area contributed by atoms with Gasteiger partial charge in [-0.1, -0.05) is 0 Å². The number of nitriles is 1. The molecule has 0 bridgehead atoms. The van der Waals surface area contributed by atoms with Crippen LogP contribution in [0.25, 0.3) is 0 Å². The number of amides is 1. The van der Waals surface area contributed by atoms with Gasteiger partial charge in [-0.3, -0.25) is 14.7 Å². The molecule has 1 saturated carbocycles. The molecule has 2 aliphatic heterocycles. The Morgan fingerprint density at radius 3 is 2.62 bits per heavy atom. The Morgan fingerprint density at radius 2 is 2.00 bits per heavy atom. The molecule has 1 saturated heterocycles. The number of piperidine rings is 1. The highest BCUT2D eigenvalue weighted by molar-refractivity contribution is 9.10. The molecule has 2 fully saturated rings. The molecule has 3 aliphatic rings. The van der Waals surface area contributed by atoms with Crippen molar-refractivity contribution in [2.24, 2.45) is 0 Å². The number of fused-ring (bicyclic) bond motifs is 1. The molecule has 26 heavy (non-hydrogen) atoms. The molecule has 138 valence electrons. The van der Waals surface area contributed by atoms with Crippen LogP contribution in [0.5, 0.6) is 0 Å². The summed E-state index contributed by atoms with van der Waals surface area (Å²) in [6.45, 7) is 5.03. The lowest BCUT2D eigenvalue weighted by Gasteiger charge is -2.53. The van der Waals surface area contributed by atoms with Gasteiger partial charge < -0.3 is 4.90 Å². The number of halogens is 2. The summed E-state index contributed by atoms with van der Waals surface area (Å²) >= 11 is 3.45. The van der Waals surface area contributed by atoms with Crippen molar-refractivity contribution < 1.29 is 9.18 Å². The van der Waals surface area contributed by atoms with Crippen LogP contribution in [-0.4, -0.2) is 46.6 Å². The number of nitrogens with zero attached hydrogens (tertiary/aromatic N) is 4. The number of rotatable bonds is 2. The molecule has 0 atom stereocenters. The molecular weight excluding hydrogens is 399 g/mol. The normalized spacial score (nSPS) is 31.4. The first-order chi connectivity index (χ1) is 12.3. The zero-order valence-corrected chi connectivity index (χ0v) is 16.6. The fourth-order valence-electron chi connectivity index (χ4n) is 4.57. The first kappa shape index (κ1) is 17.9. The van der Waals surface area contributed by atoms with Crippen LogP contribution in [0.3, 0.4) is 0 Å². The zero-order valence-electron chi connectivity index (χ0n) is 15.0. The van der Waals surface area contributed by atoms with Crippen molar-refractivity contribution in [3.63, 3.8) is 0 Å². The molecule has 3 heterocycles. The Morgan fingerprint density at radius 1 is 1.35 bits per heavy atom. The third kappa shape index (κ3) is 2.49. The molecule has 1 amide bonds. The van der Waals surface area contributed by atoms with E-state index in [0.29, 0.717) is 38.8 Å². The van der Waals surface area contributed by atoms with Crippen LogP contribution < -0.4 is 4.90 Å². The molecule has 4 rings (SSSR count). The highest BCUT2D eigenvalue weighted by Gasteiger charge is 2.57. The van der Waals surface area contributed by atoms with Crippen LogP contribution in [0.1, 0.15) is 45.2 Å². The van der Waals surface area contributed by atoms with E-state index in [1.165, 1.54) is 0 Å². The monoisotopic (exact) mass is 420 g/mol. The Hall–Kier alpha value is -1.52. The number of aromatic nitrogens is 1. The van der Waals surface area contributed by atoms with E-state index in [-0.39, 0.29) is 11.9 Å². The third-order valence-corrected chi connectivity index (χ3v) is 6.62. The van der Waals surface area contributed by atoms with Gasteiger partial charge in [-0.25, -0.2) is 4.39 Å². The summed E-state index contributed by atoms with van der Waals surface area (Å²) in [4.78, 5) is 21.5. The molecule has 5 nitrogen and oxygen atoms in total. The van der Waals surface area contributed by atoms with Crippen LogP contribution in [0.4, 0.5) is 10.1 Å². The van der Waals surface area contributed by atoms with Crippen LogP contribution in [0.15, 0.2) is 16.7 Å². The number of carbonyl (C=O) groups excluding carboxylic acids is 1. The fraction of sp³-hybridized carbons (Fsp3) is 0.632. The van der Waals surface area contributed by atoms with E-state index in [4.69, 9.17) is 0 Å². The van der Waals surface area contributed by atoms with Crippen molar-refractivity contribution in [1.82, 2.24) is 9.88 Å². The highest BCUT2D eigenvalue weighted by atomic mass is 79.9. The Kier molecular flexibility index (Phi) is 4.12. The SMILES string of the molecule is CC1(C)C(=O)N(C2CC(C#N)(N3CCC(F)CC3)C2)c2cc(Br)cnc21. The van der Waals surface area contributed by atoms with E-state index in [2.05, 4.69) is 31.9 Å². The lowest BCUT2D eigenvalue weighted by Crippen LogP contribution is -2.65. The summed E-state index contributed by atoms with van der Waals surface area (Å²) in [5, 5.41) is 9.81. The van der Waals surface area contributed by atoms with Gasteiger partial charge in [0.15, 0.2) is 0 Å². The second-order valence-corrected chi connectivity index (χ2v) is 9.10. The molecule has 0 unspecified atom stereocenters. The smallest absolute Gasteiger partial charge is 0.239 e. The molecule has 0 radical (unpaired) electrons. The van der Waals surface area contributed by atoms with Crippen molar-refractivity contribution in [2.75, 3.05) is 18.0 Å². The van der Waals surface area contributed by atoms with Gasteiger partial charge in [0.1, 0.15) is 11.7 Å². The van der Waals surface area contributed by atoms with Gasteiger partial charge in [0.2, 0.25) is 5.91 Å². The van der Waals surface area contributed by atoms with Crippen molar-refractivity contribution in [1.29, 1.82) is 5.26 Å². The van der Waals surface area contributed by atoms with Crippen molar-refractivity contribution in [3.8, 4) is 6.07 Å². The minimum absolute atomic E-state index is 0.0122. The molecule has 7 heteroatoms. The Bertz CT molecular complexity index is 791. The van der Waals surface area contributed by atoms with Crippen LogP contribution >= 0.6 is 15.9 Å². The minimum atomic E-state index is -0.755. The second-order valence-electron chi connectivity index (χ2n) is 8.19. The fourth-order valence-corrected chi connectivity index (χ4v) is 4.89. The number of likely N-dealkylation sites (tertiary alicyclic amines) is 1. The number of alkyl halides is 1. The van der Waals surface area contributed by atoms with Crippen molar-refractivity contribution >= 4 is 27.5 Å². The van der Waals surface area contributed by atoms with Crippen LogP contribution in [-0.2, 0) is 10.2 Å². The maximum Gasteiger partial charge on any atom is 0.239 e. The predicted molar refractivity (Wildman–Crippen MR) is 99.5 cm³/mol. The zero-order chi connectivity index (χ0) is 18.7. The summed E-state index contributed by atoms with van der Waals surface area (Å²) in [6, 6.07) is 4.39. The van der Waals surface area contributed by atoms with Gasteiger partial charge in [-0.15, -0.1) is 0 Å². The van der Waals surface area contributed by atoms with Gasteiger partial charge in [0, 0.05) is 42.6 Å². The average molecular weight is 421 g/mol. The standard InChI is InChI=1S/C19H22BrFN4O/c1-18(2)16-15(7-12(20)10-23-16)25(17(18)26)14-8-19(9-14,11-22)24-5-3-13(21)4-6-24/h7,10,13-14H,3-6,8-9H2,1-2H3. The molecule has 1 aliphatic carbocycles. The largest absolute Gasteiger partial charge is 0.306 e. The number of anilines is 1. The second kappa shape index (κ2) is 6.00. The van der Waals surface area contributed by atoms with Crippen LogP contribution in [0, 0.1) is 11.3 Å². The molecule has 1 aromatic heterocycles. The maximum atomic E-state index is 13.5. The van der Waals surface area contributed by atoms with E-state index in [0.717, 1.165) is 15.9 Å². The quantitative estimate of drug-likeness (QED) is 0.735. The first-order valence-corrected chi connectivity index (χ1v) is 9.88. The average Bonchev–Trinajstić information content (AvgIpc) is 2.76. The molecule has 0 spiro atoms. The van der Waals surface area contributed by atoms with Crippen molar-refractivity contribution in [2.45, 2.75) is 62.7 Å².